The van der Waals surface area contributed by atoms with E-state index in [0.717, 1.165) is 0 Å². The highest BCUT2D eigenvalue weighted by molar-refractivity contribution is 7.99. The third-order valence-electron chi connectivity index (χ3n) is 2.64. The highest BCUT2D eigenvalue weighted by Gasteiger charge is 2.37. The maximum Gasteiger partial charge on any atom is 0.378 e. The molecule has 0 fully saturated rings. The molecule has 0 aliphatic rings. The summed E-state index contributed by atoms with van der Waals surface area (Å²) in [5.74, 6) is -0.613. The summed E-state index contributed by atoms with van der Waals surface area (Å²) >= 11 is 5.21. The van der Waals surface area contributed by atoms with Gasteiger partial charge in [0, 0.05) is 25.7 Å². The van der Waals surface area contributed by atoms with Crippen molar-refractivity contribution in [2.75, 3.05) is 18.4 Å². The molecular formula is C13H19N2O3PS. The van der Waals surface area contributed by atoms with Crippen LogP contribution in [0.5, 0.6) is 0 Å². The molecule has 1 aromatic rings. The molecule has 0 radical (unpaired) electrons. The summed E-state index contributed by atoms with van der Waals surface area (Å²) in [6.45, 7) is 5.84. The van der Waals surface area contributed by atoms with E-state index < -0.39 is 13.5 Å². The van der Waals surface area contributed by atoms with Gasteiger partial charge in [0.2, 0.25) is 0 Å². The van der Waals surface area contributed by atoms with Gasteiger partial charge < -0.3 is 9.84 Å². The number of para-hydroxylation sites is 1. The highest BCUT2D eigenvalue weighted by atomic mass is 32.1. The molecule has 0 spiro atoms. The Balaban J connectivity index is 3.01. The number of rotatable bonds is 6. The fourth-order valence-electron chi connectivity index (χ4n) is 1.71. The van der Waals surface area contributed by atoms with E-state index in [1.54, 1.807) is 16.8 Å². The number of nitrogens with zero attached hydrogens (tertiary/aromatic N) is 1. The van der Waals surface area contributed by atoms with Gasteiger partial charge in [0.15, 0.2) is 4.73 Å². The second-order valence-corrected chi connectivity index (χ2v) is 6.99. The number of carbonyl (C=O) groups excluding carboxylic acids is 1. The summed E-state index contributed by atoms with van der Waals surface area (Å²) < 4.78 is 19.6. The number of nitrogens with one attached hydrogen (secondary N) is 1. The molecule has 1 atom stereocenters. The number of hydrogen-bond acceptors (Lipinski definition) is 4. The van der Waals surface area contributed by atoms with Crippen molar-refractivity contribution in [1.82, 2.24) is 4.67 Å². The average molecular weight is 314 g/mol. The minimum atomic E-state index is -3.54. The van der Waals surface area contributed by atoms with E-state index in [1.807, 2.05) is 32.0 Å². The number of carbonyl (C=O) groups is 1. The Morgan fingerprint density at radius 1 is 1.30 bits per heavy atom. The standard InChI is InChI=1S/C13H19N2O3PS/c1-4-15(5-2)19(17,18-11(3)16)13(20)14-12-9-7-6-8-10-12/h6-10H,4-5H2,1-3H3,(H,14,20). The Bertz CT molecular complexity index is 518. The van der Waals surface area contributed by atoms with Gasteiger partial charge in [0.05, 0.1) is 0 Å². The lowest BCUT2D eigenvalue weighted by molar-refractivity contribution is -0.131. The van der Waals surface area contributed by atoms with Gasteiger partial charge in [-0.15, -0.1) is 0 Å². The molecule has 0 amide bonds. The summed E-state index contributed by atoms with van der Waals surface area (Å²) in [4.78, 5) is 11.2. The zero-order valence-corrected chi connectivity index (χ0v) is 13.5. The van der Waals surface area contributed by atoms with Crippen LogP contribution in [0.4, 0.5) is 5.69 Å². The van der Waals surface area contributed by atoms with Crippen molar-refractivity contribution in [2.24, 2.45) is 0 Å². The monoisotopic (exact) mass is 314 g/mol. The maximum absolute atomic E-state index is 13.0. The Hall–Kier alpha value is -1.23. The van der Waals surface area contributed by atoms with Crippen molar-refractivity contribution in [3.8, 4) is 0 Å². The molecular weight excluding hydrogens is 295 g/mol. The third kappa shape index (κ3) is 4.13. The topological polar surface area (TPSA) is 58.6 Å². The fraction of sp³-hybridized carbons (Fsp3) is 0.385. The van der Waals surface area contributed by atoms with E-state index in [4.69, 9.17) is 16.7 Å². The van der Waals surface area contributed by atoms with Gasteiger partial charge in [-0.2, -0.15) is 0 Å². The van der Waals surface area contributed by atoms with Crippen molar-refractivity contribution in [3.05, 3.63) is 30.3 Å². The smallest absolute Gasteiger partial charge is 0.378 e. The Labute approximate surface area is 124 Å². The summed E-state index contributed by atoms with van der Waals surface area (Å²) in [6.07, 6.45) is 0. The van der Waals surface area contributed by atoms with Crippen LogP contribution in [-0.2, 0) is 13.9 Å². The highest BCUT2D eigenvalue weighted by Crippen LogP contribution is 2.52. The van der Waals surface area contributed by atoms with Crippen molar-refractivity contribution < 1.29 is 13.9 Å². The van der Waals surface area contributed by atoms with E-state index in [9.17, 15) is 9.36 Å². The number of hydrogen-bond donors (Lipinski definition) is 1. The van der Waals surface area contributed by atoms with Gasteiger partial charge >= 0.3 is 13.5 Å². The molecule has 1 rings (SSSR count). The van der Waals surface area contributed by atoms with Crippen molar-refractivity contribution in [3.63, 3.8) is 0 Å². The Morgan fingerprint density at radius 3 is 2.30 bits per heavy atom. The molecule has 1 aromatic carbocycles. The minimum absolute atomic E-state index is 0.0302. The molecule has 0 saturated carbocycles. The summed E-state index contributed by atoms with van der Waals surface area (Å²) in [6, 6.07) is 9.13. The van der Waals surface area contributed by atoms with Gasteiger partial charge in [0.25, 0.3) is 0 Å². The molecule has 0 saturated heterocycles. The maximum atomic E-state index is 13.0. The lowest BCUT2D eigenvalue weighted by atomic mass is 10.3. The molecule has 0 aliphatic carbocycles. The molecule has 1 unspecified atom stereocenters. The number of anilines is 1. The van der Waals surface area contributed by atoms with Gasteiger partial charge in [-0.05, 0) is 12.1 Å². The SMILES string of the molecule is CCN(CC)P(=O)(OC(C)=O)C(=S)Nc1ccccc1. The van der Waals surface area contributed by atoms with Crippen LogP contribution in [0.2, 0.25) is 0 Å². The average Bonchev–Trinajstić information content (AvgIpc) is 2.40. The fourth-order valence-corrected chi connectivity index (χ4v) is 4.11. The quantitative estimate of drug-likeness (QED) is 0.641. The first-order valence-electron chi connectivity index (χ1n) is 6.36. The molecule has 0 bridgehead atoms. The largest absolute Gasteiger partial charge is 0.396 e. The predicted molar refractivity (Wildman–Crippen MR) is 85.0 cm³/mol. The number of benzene rings is 1. The van der Waals surface area contributed by atoms with Gasteiger partial charge in [0.1, 0.15) is 0 Å². The van der Waals surface area contributed by atoms with Crippen LogP contribution in [0.15, 0.2) is 30.3 Å². The van der Waals surface area contributed by atoms with E-state index in [2.05, 4.69) is 5.32 Å². The molecule has 110 valence electrons. The first kappa shape index (κ1) is 16.8. The Morgan fingerprint density at radius 2 is 1.85 bits per heavy atom. The number of thiocarbonyl (C=S) groups is 1. The predicted octanol–water partition coefficient (Wildman–Crippen LogP) is 3.48. The first-order valence-corrected chi connectivity index (χ1v) is 8.34. The molecule has 1 N–H and O–H groups in total. The lowest BCUT2D eigenvalue weighted by Crippen LogP contribution is -2.28. The van der Waals surface area contributed by atoms with E-state index >= 15 is 0 Å². The van der Waals surface area contributed by atoms with Crippen LogP contribution < -0.4 is 5.32 Å². The molecule has 7 heteroatoms. The minimum Gasteiger partial charge on any atom is -0.396 e. The van der Waals surface area contributed by atoms with Crippen LogP contribution in [0.3, 0.4) is 0 Å². The van der Waals surface area contributed by atoms with Gasteiger partial charge in [-0.25, -0.2) is 4.67 Å². The molecule has 0 aliphatic heterocycles. The molecule has 20 heavy (non-hydrogen) atoms. The summed E-state index contributed by atoms with van der Waals surface area (Å²) in [5.41, 5.74) is 0.706. The summed E-state index contributed by atoms with van der Waals surface area (Å²) in [7, 11) is -3.54. The summed E-state index contributed by atoms with van der Waals surface area (Å²) in [5, 5.41) is 2.89. The van der Waals surface area contributed by atoms with Crippen molar-refractivity contribution in [1.29, 1.82) is 0 Å². The Kier molecular flexibility index (Phi) is 6.33. The normalized spacial score (nSPS) is 13.6. The van der Waals surface area contributed by atoms with Crippen molar-refractivity contribution >= 4 is 36.1 Å². The van der Waals surface area contributed by atoms with E-state index in [0.29, 0.717) is 18.8 Å². The zero-order valence-electron chi connectivity index (χ0n) is 11.8. The molecule has 5 nitrogen and oxygen atoms in total. The van der Waals surface area contributed by atoms with Crippen LogP contribution in [0, 0.1) is 0 Å². The lowest BCUT2D eigenvalue weighted by Gasteiger charge is -2.28. The molecule has 0 aromatic heterocycles. The van der Waals surface area contributed by atoms with Crippen LogP contribution in [0.1, 0.15) is 20.8 Å². The third-order valence-corrected chi connectivity index (χ3v) is 5.87. The van der Waals surface area contributed by atoms with E-state index in [-0.39, 0.29) is 4.73 Å². The first-order chi connectivity index (χ1) is 9.43. The van der Waals surface area contributed by atoms with Crippen LogP contribution >= 0.6 is 19.7 Å². The second kappa shape index (κ2) is 7.53. The molecule has 0 heterocycles. The second-order valence-electron chi connectivity index (χ2n) is 4.04. The van der Waals surface area contributed by atoms with E-state index in [1.165, 1.54) is 6.92 Å². The van der Waals surface area contributed by atoms with Crippen molar-refractivity contribution in [2.45, 2.75) is 20.8 Å². The van der Waals surface area contributed by atoms with Crippen LogP contribution in [0.25, 0.3) is 0 Å². The zero-order chi connectivity index (χ0) is 15.2. The van der Waals surface area contributed by atoms with Crippen LogP contribution in [-0.4, -0.2) is 28.5 Å². The van der Waals surface area contributed by atoms with Gasteiger partial charge in [-0.3, -0.25) is 9.36 Å². The van der Waals surface area contributed by atoms with Gasteiger partial charge in [-0.1, -0.05) is 44.3 Å².